The monoisotopic (exact) mass is 376 g/mol. The summed E-state index contributed by atoms with van der Waals surface area (Å²) in [4.78, 5) is 38.0. The second kappa shape index (κ2) is 10.5. The summed E-state index contributed by atoms with van der Waals surface area (Å²) in [6.45, 7) is 3.00. The van der Waals surface area contributed by atoms with Gasteiger partial charge in [0, 0.05) is 19.1 Å². The SMILES string of the molecule is CCOC(=O)N1CCC[C@@H](C(=O)N[C@H](CC(=O)OC)Cc2ccccc2)C1. The predicted molar refractivity (Wildman–Crippen MR) is 100 cm³/mol. The maximum absolute atomic E-state index is 12.8. The van der Waals surface area contributed by atoms with Crippen LogP contribution in [0.4, 0.5) is 4.79 Å². The minimum Gasteiger partial charge on any atom is -0.469 e. The molecular formula is C20H28N2O5. The molecule has 2 rings (SSSR count). The van der Waals surface area contributed by atoms with Gasteiger partial charge in [0.2, 0.25) is 5.91 Å². The molecule has 1 heterocycles. The van der Waals surface area contributed by atoms with Gasteiger partial charge in [-0.15, -0.1) is 0 Å². The minimum atomic E-state index is -0.384. The fourth-order valence-electron chi connectivity index (χ4n) is 3.25. The van der Waals surface area contributed by atoms with Gasteiger partial charge in [-0.2, -0.15) is 0 Å². The van der Waals surface area contributed by atoms with Crippen LogP contribution in [0.15, 0.2) is 30.3 Å². The molecule has 1 aromatic carbocycles. The average molecular weight is 376 g/mol. The molecule has 1 aliphatic rings. The number of nitrogens with one attached hydrogen (secondary N) is 1. The summed E-state index contributed by atoms with van der Waals surface area (Å²) in [6, 6.07) is 9.32. The van der Waals surface area contributed by atoms with Gasteiger partial charge < -0.3 is 19.7 Å². The highest BCUT2D eigenvalue weighted by Gasteiger charge is 2.30. The molecule has 0 saturated carbocycles. The minimum absolute atomic E-state index is 0.103. The third kappa shape index (κ3) is 6.58. The van der Waals surface area contributed by atoms with Gasteiger partial charge in [-0.05, 0) is 31.7 Å². The van der Waals surface area contributed by atoms with E-state index in [1.54, 1.807) is 11.8 Å². The number of amides is 2. The lowest BCUT2D eigenvalue weighted by molar-refractivity contribution is -0.141. The highest BCUT2D eigenvalue weighted by molar-refractivity contribution is 5.81. The molecule has 0 spiro atoms. The second-order valence-corrected chi connectivity index (χ2v) is 6.66. The van der Waals surface area contributed by atoms with Gasteiger partial charge in [-0.1, -0.05) is 30.3 Å². The van der Waals surface area contributed by atoms with E-state index in [9.17, 15) is 14.4 Å². The first-order chi connectivity index (χ1) is 13.0. The van der Waals surface area contributed by atoms with Gasteiger partial charge in [0.25, 0.3) is 0 Å². The number of rotatable bonds is 7. The number of likely N-dealkylation sites (tertiary alicyclic amines) is 1. The van der Waals surface area contributed by atoms with Crippen molar-refractivity contribution < 1.29 is 23.9 Å². The number of nitrogens with zero attached hydrogens (tertiary/aromatic N) is 1. The van der Waals surface area contributed by atoms with Crippen LogP contribution in [0.5, 0.6) is 0 Å². The molecule has 1 saturated heterocycles. The third-order valence-corrected chi connectivity index (χ3v) is 4.63. The smallest absolute Gasteiger partial charge is 0.409 e. The molecule has 0 bridgehead atoms. The maximum Gasteiger partial charge on any atom is 0.409 e. The van der Waals surface area contributed by atoms with Crippen LogP contribution in [0.2, 0.25) is 0 Å². The Morgan fingerprint density at radius 1 is 1.26 bits per heavy atom. The molecule has 7 nitrogen and oxygen atoms in total. The van der Waals surface area contributed by atoms with Crippen molar-refractivity contribution in [3.05, 3.63) is 35.9 Å². The molecule has 2 atom stereocenters. The van der Waals surface area contributed by atoms with Gasteiger partial charge in [-0.25, -0.2) is 4.79 Å². The summed E-state index contributed by atoms with van der Waals surface area (Å²) in [5.74, 6) is -0.819. The largest absolute Gasteiger partial charge is 0.469 e. The topological polar surface area (TPSA) is 84.9 Å². The van der Waals surface area contributed by atoms with Gasteiger partial charge in [0.15, 0.2) is 0 Å². The summed E-state index contributed by atoms with van der Waals surface area (Å²) in [6.07, 6.45) is 1.71. The molecule has 0 radical (unpaired) electrons. The number of ether oxygens (including phenoxy) is 2. The Hall–Kier alpha value is -2.57. The van der Waals surface area contributed by atoms with E-state index in [1.165, 1.54) is 7.11 Å². The molecule has 1 N–H and O–H groups in total. The molecule has 7 heteroatoms. The Morgan fingerprint density at radius 2 is 2.00 bits per heavy atom. The van der Waals surface area contributed by atoms with Crippen molar-refractivity contribution in [3.8, 4) is 0 Å². The van der Waals surface area contributed by atoms with E-state index in [2.05, 4.69) is 5.32 Å². The first-order valence-electron chi connectivity index (χ1n) is 9.36. The number of piperidine rings is 1. The second-order valence-electron chi connectivity index (χ2n) is 6.66. The molecule has 27 heavy (non-hydrogen) atoms. The Labute approximate surface area is 160 Å². The van der Waals surface area contributed by atoms with Crippen LogP contribution in [0, 0.1) is 5.92 Å². The fraction of sp³-hybridized carbons (Fsp3) is 0.550. The number of hydrogen-bond acceptors (Lipinski definition) is 5. The Morgan fingerprint density at radius 3 is 2.67 bits per heavy atom. The lowest BCUT2D eigenvalue weighted by Crippen LogP contribution is -2.48. The molecule has 148 valence electrons. The molecule has 0 aromatic heterocycles. The Bertz CT molecular complexity index is 635. The average Bonchev–Trinajstić information content (AvgIpc) is 2.68. The van der Waals surface area contributed by atoms with Gasteiger partial charge in [-0.3, -0.25) is 9.59 Å². The quantitative estimate of drug-likeness (QED) is 0.737. The fourth-order valence-corrected chi connectivity index (χ4v) is 3.25. The molecule has 2 amide bonds. The first-order valence-corrected chi connectivity index (χ1v) is 9.36. The number of carbonyl (C=O) groups excluding carboxylic acids is 3. The number of methoxy groups -OCH3 is 1. The molecule has 0 unspecified atom stereocenters. The zero-order valence-corrected chi connectivity index (χ0v) is 16.0. The first kappa shape index (κ1) is 20.7. The van der Waals surface area contributed by atoms with Crippen molar-refractivity contribution in [2.45, 2.75) is 38.6 Å². The van der Waals surface area contributed by atoms with Crippen LogP contribution >= 0.6 is 0 Å². The number of esters is 1. The van der Waals surface area contributed by atoms with E-state index in [0.29, 0.717) is 32.5 Å². The van der Waals surface area contributed by atoms with Crippen LogP contribution in [-0.4, -0.2) is 55.7 Å². The molecule has 1 fully saturated rings. The summed E-state index contributed by atoms with van der Waals surface area (Å²) in [7, 11) is 1.34. The lowest BCUT2D eigenvalue weighted by atomic mass is 9.96. The van der Waals surface area contributed by atoms with E-state index in [1.807, 2.05) is 30.3 Å². The van der Waals surface area contributed by atoms with Crippen molar-refractivity contribution >= 4 is 18.0 Å². The maximum atomic E-state index is 12.8. The van der Waals surface area contributed by atoms with Crippen LogP contribution in [-0.2, 0) is 25.5 Å². The Kier molecular flexibility index (Phi) is 8.10. The lowest BCUT2D eigenvalue weighted by Gasteiger charge is -2.32. The molecule has 0 aliphatic carbocycles. The number of carbonyl (C=O) groups is 3. The van der Waals surface area contributed by atoms with Crippen molar-refractivity contribution in [1.82, 2.24) is 10.2 Å². The van der Waals surface area contributed by atoms with Gasteiger partial charge in [0.05, 0.1) is 26.1 Å². The normalized spacial score (nSPS) is 17.7. The van der Waals surface area contributed by atoms with Crippen LogP contribution in [0.1, 0.15) is 31.7 Å². The van der Waals surface area contributed by atoms with Crippen molar-refractivity contribution in [2.24, 2.45) is 5.92 Å². The highest BCUT2D eigenvalue weighted by atomic mass is 16.6. The van der Waals surface area contributed by atoms with Crippen LogP contribution in [0.3, 0.4) is 0 Å². The summed E-state index contributed by atoms with van der Waals surface area (Å²) < 4.78 is 9.79. The molecular weight excluding hydrogens is 348 g/mol. The number of benzene rings is 1. The molecule has 1 aromatic rings. The van der Waals surface area contributed by atoms with Crippen LogP contribution < -0.4 is 5.32 Å². The summed E-state index contributed by atoms with van der Waals surface area (Å²) >= 11 is 0. The number of hydrogen-bond donors (Lipinski definition) is 1. The highest BCUT2D eigenvalue weighted by Crippen LogP contribution is 2.18. The van der Waals surface area contributed by atoms with E-state index in [-0.39, 0.29) is 36.4 Å². The Balaban J connectivity index is 1.99. The summed E-state index contributed by atoms with van der Waals surface area (Å²) in [5, 5.41) is 2.97. The summed E-state index contributed by atoms with van der Waals surface area (Å²) in [5.41, 5.74) is 1.03. The predicted octanol–water partition coefficient (Wildman–Crippen LogP) is 2.15. The van der Waals surface area contributed by atoms with Crippen LogP contribution in [0.25, 0.3) is 0 Å². The van der Waals surface area contributed by atoms with E-state index in [4.69, 9.17) is 9.47 Å². The zero-order valence-electron chi connectivity index (χ0n) is 16.0. The van der Waals surface area contributed by atoms with Crippen molar-refractivity contribution in [1.29, 1.82) is 0 Å². The van der Waals surface area contributed by atoms with Gasteiger partial charge >= 0.3 is 12.1 Å². The van der Waals surface area contributed by atoms with Gasteiger partial charge in [0.1, 0.15) is 0 Å². The van der Waals surface area contributed by atoms with E-state index < -0.39 is 0 Å². The van der Waals surface area contributed by atoms with Crippen molar-refractivity contribution in [3.63, 3.8) is 0 Å². The van der Waals surface area contributed by atoms with E-state index >= 15 is 0 Å². The zero-order chi connectivity index (χ0) is 19.6. The van der Waals surface area contributed by atoms with E-state index in [0.717, 1.165) is 12.0 Å². The third-order valence-electron chi connectivity index (χ3n) is 4.63. The molecule has 1 aliphatic heterocycles. The van der Waals surface area contributed by atoms with Crippen molar-refractivity contribution in [2.75, 3.05) is 26.8 Å². The standard InChI is InChI=1S/C20H28N2O5/c1-3-27-20(25)22-11-7-10-16(14-22)19(24)21-17(13-18(23)26-2)12-15-8-5-4-6-9-15/h4-6,8-9,16-17H,3,7,10-14H2,1-2H3,(H,21,24)/t16-,17+/m1/s1.